The molecule has 0 aliphatic carbocycles. The second-order valence-electron chi connectivity index (χ2n) is 15.2. The Bertz CT molecular complexity index is 1420. The lowest BCUT2D eigenvalue weighted by Crippen LogP contribution is -2.52. The third kappa shape index (κ3) is 24.9. The first kappa shape index (κ1) is 48.2. The number of hydrogen-bond donors (Lipinski definition) is 6. The van der Waals surface area contributed by atoms with Gasteiger partial charge in [-0.05, 0) is 34.9 Å². The van der Waals surface area contributed by atoms with Crippen LogP contribution >= 0.6 is 0 Å². The van der Waals surface area contributed by atoms with E-state index in [-0.39, 0.29) is 24.7 Å². The zero-order valence-electron chi connectivity index (χ0n) is 32.6. The van der Waals surface area contributed by atoms with E-state index in [0.717, 1.165) is 17.5 Å². The van der Waals surface area contributed by atoms with Crippen LogP contribution in [0.5, 0.6) is 0 Å². The summed E-state index contributed by atoms with van der Waals surface area (Å²) in [7, 11) is 2.46. The Morgan fingerprint density at radius 1 is 0.642 bits per heavy atom. The molecule has 0 saturated carbocycles. The largest absolute Gasteiger partial charge is 0.481 e. The van der Waals surface area contributed by atoms with Crippen molar-refractivity contribution in [2.75, 3.05) is 20.8 Å². The molecular formula is C39H60N4O10. The van der Waals surface area contributed by atoms with Crippen molar-refractivity contribution in [2.24, 2.45) is 16.6 Å². The van der Waals surface area contributed by atoms with E-state index in [4.69, 9.17) is 20.7 Å². The number of rotatable bonds is 17. The Hall–Kier alpha value is -4.82. The van der Waals surface area contributed by atoms with Crippen molar-refractivity contribution in [3.8, 4) is 0 Å². The summed E-state index contributed by atoms with van der Waals surface area (Å²) in [5.41, 5.74) is 7.71. The van der Waals surface area contributed by atoms with Crippen LogP contribution in [0.15, 0.2) is 60.7 Å². The molecule has 0 saturated heterocycles. The summed E-state index contributed by atoms with van der Waals surface area (Å²) in [4.78, 5) is 69.8. The molecule has 7 N–H and O–H groups in total. The quantitative estimate of drug-likeness (QED) is 0.128. The molecule has 14 heteroatoms. The highest BCUT2D eigenvalue weighted by atomic mass is 16.5. The number of carboxylic acid groups (broad SMARTS) is 2. The SMILES string of the molecule is CC(C)(C)C.COC(=O)[C@H](Cc1ccccc1)NC(=O)[C@@H](N)CC(=O)O.COC(=O)[C@H](Cc1ccccc1)NC(=O)[C@H](CC(=O)O)NCCC(C)(C)C. The molecule has 0 fully saturated rings. The molecule has 0 aliphatic rings. The molecule has 0 heterocycles. The molecule has 0 spiro atoms. The molecule has 296 valence electrons. The van der Waals surface area contributed by atoms with Crippen molar-refractivity contribution in [1.29, 1.82) is 0 Å². The van der Waals surface area contributed by atoms with Gasteiger partial charge in [-0.3, -0.25) is 19.2 Å². The van der Waals surface area contributed by atoms with Gasteiger partial charge in [0.25, 0.3) is 0 Å². The summed E-state index contributed by atoms with van der Waals surface area (Å²) < 4.78 is 9.42. The van der Waals surface area contributed by atoms with E-state index in [1.165, 1.54) is 14.2 Å². The van der Waals surface area contributed by atoms with Gasteiger partial charge in [0, 0.05) is 12.8 Å². The number of hydrogen-bond acceptors (Lipinski definition) is 10. The standard InChI is InChI=1S/C20H30N2O5.C14H18N2O5.C5H12/c1-20(2,3)10-11-21-15(13-17(23)24)18(25)22-16(19(26)27-4)12-14-8-6-5-7-9-14;1-21-14(20)11(7-9-5-3-2-4-6-9)16-13(19)10(15)8-12(17)18;1-5(2,3)4/h5-9,15-16,21H,10-13H2,1-4H3,(H,22,25)(H,23,24);2-6,10-11H,7-8,15H2,1H3,(H,16,19)(H,17,18);1-4H3/t15-,16-;10-,11-;/m00./s1. The number of nitrogens with one attached hydrogen (secondary N) is 3. The molecule has 0 aliphatic heterocycles. The van der Waals surface area contributed by atoms with Gasteiger partial charge >= 0.3 is 23.9 Å². The molecule has 2 aromatic carbocycles. The van der Waals surface area contributed by atoms with Gasteiger partial charge in [-0.2, -0.15) is 0 Å². The fraction of sp³-hybridized carbons (Fsp3) is 0.538. The number of benzene rings is 2. The Kier molecular flexibility index (Phi) is 22.2. The van der Waals surface area contributed by atoms with Crippen molar-refractivity contribution in [1.82, 2.24) is 16.0 Å². The van der Waals surface area contributed by atoms with Crippen molar-refractivity contribution in [3.05, 3.63) is 71.8 Å². The average molecular weight is 745 g/mol. The molecule has 2 amide bonds. The third-order valence-corrected chi connectivity index (χ3v) is 6.86. The van der Waals surface area contributed by atoms with Crippen LogP contribution in [0, 0.1) is 10.8 Å². The number of carbonyl (C=O) groups excluding carboxylic acids is 4. The van der Waals surface area contributed by atoms with Crippen molar-refractivity contribution in [3.63, 3.8) is 0 Å². The maximum atomic E-state index is 12.6. The van der Waals surface area contributed by atoms with Gasteiger partial charge in [0.05, 0.1) is 39.1 Å². The minimum atomic E-state index is -1.22. The number of nitrogens with two attached hydrogens (primary N) is 1. The van der Waals surface area contributed by atoms with Crippen molar-refractivity contribution in [2.45, 2.75) is 105 Å². The second-order valence-corrected chi connectivity index (χ2v) is 15.2. The zero-order valence-corrected chi connectivity index (χ0v) is 32.6. The van der Waals surface area contributed by atoms with Crippen molar-refractivity contribution < 1.29 is 48.5 Å². The van der Waals surface area contributed by atoms with Gasteiger partial charge in [0.15, 0.2) is 0 Å². The second kappa shape index (κ2) is 24.4. The van der Waals surface area contributed by atoms with E-state index >= 15 is 0 Å². The molecule has 4 atom stereocenters. The maximum Gasteiger partial charge on any atom is 0.328 e. The van der Waals surface area contributed by atoms with Gasteiger partial charge in [-0.1, -0.05) is 109 Å². The monoisotopic (exact) mass is 744 g/mol. The zero-order chi connectivity index (χ0) is 40.8. The van der Waals surface area contributed by atoms with Crippen LogP contribution in [0.25, 0.3) is 0 Å². The number of amides is 2. The maximum absolute atomic E-state index is 12.6. The fourth-order valence-electron chi connectivity index (χ4n) is 4.26. The van der Waals surface area contributed by atoms with E-state index in [2.05, 4.69) is 69.2 Å². The summed E-state index contributed by atoms with van der Waals surface area (Å²) in [6.07, 6.45) is 0.404. The predicted molar refractivity (Wildman–Crippen MR) is 202 cm³/mol. The summed E-state index contributed by atoms with van der Waals surface area (Å²) in [6.45, 7) is 15.4. The van der Waals surface area contributed by atoms with Gasteiger partial charge in [0.2, 0.25) is 11.8 Å². The van der Waals surface area contributed by atoms with Crippen LogP contribution < -0.4 is 21.7 Å². The number of esters is 2. The fourth-order valence-corrected chi connectivity index (χ4v) is 4.26. The van der Waals surface area contributed by atoms with Crippen LogP contribution in [-0.4, -0.2) is 90.8 Å². The van der Waals surface area contributed by atoms with E-state index in [1.807, 2.05) is 48.5 Å². The lowest BCUT2D eigenvalue weighted by molar-refractivity contribution is -0.146. The van der Waals surface area contributed by atoms with E-state index in [0.29, 0.717) is 12.0 Å². The van der Waals surface area contributed by atoms with Crippen LogP contribution in [0.2, 0.25) is 0 Å². The number of carboxylic acids is 2. The molecule has 2 rings (SSSR count). The number of carbonyl (C=O) groups is 6. The number of methoxy groups -OCH3 is 2. The average Bonchev–Trinajstić information content (AvgIpc) is 3.05. The first-order chi connectivity index (χ1) is 24.6. The highest BCUT2D eigenvalue weighted by Gasteiger charge is 2.28. The smallest absolute Gasteiger partial charge is 0.328 e. The summed E-state index contributed by atoms with van der Waals surface area (Å²) in [5, 5.41) is 25.7. The van der Waals surface area contributed by atoms with Crippen molar-refractivity contribution >= 4 is 35.7 Å². The summed E-state index contributed by atoms with van der Waals surface area (Å²) in [6, 6.07) is 14.3. The molecule has 14 nitrogen and oxygen atoms in total. The van der Waals surface area contributed by atoms with Crippen LogP contribution in [-0.2, 0) is 51.1 Å². The highest BCUT2D eigenvalue weighted by molar-refractivity contribution is 5.90. The molecule has 0 bridgehead atoms. The van der Waals surface area contributed by atoms with Gasteiger partial charge in [0.1, 0.15) is 12.1 Å². The Labute approximate surface area is 313 Å². The Morgan fingerprint density at radius 2 is 1.02 bits per heavy atom. The summed E-state index contributed by atoms with van der Waals surface area (Å²) >= 11 is 0. The summed E-state index contributed by atoms with van der Waals surface area (Å²) in [5.74, 6) is -4.70. The molecule has 0 unspecified atom stereocenters. The lowest BCUT2D eigenvalue weighted by Gasteiger charge is -2.23. The van der Waals surface area contributed by atoms with E-state index in [1.54, 1.807) is 12.1 Å². The van der Waals surface area contributed by atoms with Gasteiger partial charge in [-0.25, -0.2) is 9.59 Å². The van der Waals surface area contributed by atoms with E-state index in [9.17, 15) is 28.8 Å². The lowest BCUT2D eigenvalue weighted by atomic mass is 9.92. The highest BCUT2D eigenvalue weighted by Crippen LogP contribution is 2.17. The molecular weight excluding hydrogens is 684 g/mol. The normalized spacial score (nSPS) is 13.2. The molecule has 2 aromatic rings. The minimum Gasteiger partial charge on any atom is -0.481 e. The van der Waals surface area contributed by atoms with E-state index < -0.39 is 66.3 Å². The van der Waals surface area contributed by atoms with Gasteiger partial charge in [-0.15, -0.1) is 0 Å². The van der Waals surface area contributed by atoms with Crippen LogP contribution in [0.1, 0.15) is 78.9 Å². The Morgan fingerprint density at radius 3 is 1.36 bits per heavy atom. The molecule has 0 radical (unpaired) electrons. The third-order valence-electron chi connectivity index (χ3n) is 6.86. The number of aliphatic carboxylic acids is 2. The number of ether oxygens (including phenoxy) is 2. The minimum absolute atomic E-state index is 0.0547. The van der Waals surface area contributed by atoms with Gasteiger partial charge < -0.3 is 41.4 Å². The molecule has 53 heavy (non-hydrogen) atoms. The topological polar surface area (TPSA) is 223 Å². The first-order valence-electron chi connectivity index (χ1n) is 17.3. The first-order valence-corrected chi connectivity index (χ1v) is 17.3. The van der Waals surface area contributed by atoms with Crippen LogP contribution in [0.4, 0.5) is 0 Å². The Balaban J connectivity index is 0.000000925. The molecule has 0 aromatic heterocycles. The predicted octanol–water partition coefficient (Wildman–Crippen LogP) is 3.50. The van der Waals surface area contributed by atoms with Crippen LogP contribution in [0.3, 0.4) is 0 Å².